The number of hydrogen-bond donors (Lipinski definition) is 1. The summed E-state index contributed by atoms with van der Waals surface area (Å²) in [5.74, 6) is -2.56. The van der Waals surface area contributed by atoms with Crippen molar-refractivity contribution in [3.05, 3.63) is 23.8 Å². The molecule has 23 heavy (non-hydrogen) atoms. The van der Waals surface area contributed by atoms with E-state index < -0.39 is 17.2 Å². The van der Waals surface area contributed by atoms with Crippen LogP contribution in [0.3, 0.4) is 0 Å². The van der Waals surface area contributed by atoms with Crippen LogP contribution >= 0.6 is 0 Å². The van der Waals surface area contributed by atoms with Crippen molar-refractivity contribution in [3.63, 3.8) is 0 Å². The quantitative estimate of drug-likeness (QED) is 0.907. The molecule has 2 heterocycles. The summed E-state index contributed by atoms with van der Waals surface area (Å²) in [5, 5.41) is 2.90. The van der Waals surface area contributed by atoms with Crippen molar-refractivity contribution in [2.24, 2.45) is 0 Å². The minimum Gasteiger partial charge on any atom is -0.370 e. The van der Waals surface area contributed by atoms with E-state index in [9.17, 15) is 18.4 Å². The summed E-state index contributed by atoms with van der Waals surface area (Å²) in [5.41, 5.74) is -0.494. The van der Waals surface area contributed by atoms with Gasteiger partial charge in [0, 0.05) is 25.2 Å². The van der Waals surface area contributed by atoms with Crippen molar-refractivity contribution in [2.75, 3.05) is 29.9 Å². The van der Waals surface area contributed by atoms with Crippen LogP contribution in [0, 0.1) is 11.6 Å². The zero-order valence-corrected chi connectivity index (χ0v) is 13.2. The van der Waals surface area contributed by atoms with Gasteiger partial charge in [-0.25, -0.2) is 8.78 Å². The van der Waals surface area contributed by atoms with E-state index in [1.54, 1.807) is 18.7 Å². The van der Waals surface area contributed by atoms with Crippen LogP contribution in [0.4, 0.5) is 20.2 Å². The molecule has 1 aromatic carbocycles. The minimum atomic E-state index is -1.04. The lowest BCUT2D eigenvalue weighted by Gasteiger charge is -2.40. The monoisotopic (exact) mass is 323 g/mol. The summed E-state index contributed by atoms with van der Waals surface area (Å²) < 4.78 is 27.1. The fraction of sp³-hybridized carbons (Fsp3) is 0.500. The van der Waals surface area contributed by atoms with Gasteiger partial charge >= 0.3 is 0 Å². The molecule has 2 amide bonds. The van der Waals surface area contributed by atoms with E-state index in [1.165, 1.54) is 4.90 Å². The standard InChI is InChI=1S/C16H19F2N3O2/c1-16(2)15(23)21(9-14(22)20-5-3-4-6-20)13-8-11(18)10(17)7-12(13)19-16/h7-8,19H,3-6,9H2,1-2H3. The van der Waals surface area contributed by atoms with Gasteiger partial charge in [-0.2, -0.15) is 0 Å². The van der Waals surface area contributed by atoms with Gasteiger partial charge in [-0.1, -0.05) is 0 Å². The maximum absolute atomic E-state index is 13.6. The number of hydrogen-bond acceptors (Lipinski definition) is 3. The summed E-state index contributed by atoms with van der Waals surface area (Å²) in [6.07, 6.45) is 1.90. The van der Waals surface area contributed by atoms with Crippen LogP contribution in [0.15, 0.2) is 12.1 Å². The molecule has 3 rings (SSSR count). The molecule has 1 aromatic rings. The highest BCUT2D eigenvalue weighted by Gasteiger charge is 2.40. The zero-order chi connectivity index (χ0) is 16.8. The van der Waals surface area contributed by atoms with Gasteiger partial charge in [0.05, 0.1) is 11.4 Å². The highest BCUT2D eigenvalue weighted by molar-refractivity contribution is 6.09. The minimum absolute atomic E-state index is 0.165. The number of benzene rings is 1. The van der Waals surface area contributed by atoms with Gasteiger partial charge in [-0.3, -0.25) is 14.5 Å². The third-order valence-corrected chi connectivity index (χ3v) is 4.31. The van der Waals surface area contributed by atoms with Crippen molar-refractivity contribution in [2.45, 2.75) is 32.2 Å². The van der Waals surface area contributed by atoms with Crippen molar-refractivity contribution in [1.82, 2.24) is 4.90 Å². The van der Waals surface area contributed by atoms with Gasteiger partial charge in [-0.15, -0.1) is 0 Å². The SMILES string of the molecule is CC1(C)Nc2cc(F)c(F)cc2N(CC(=O)N2CCCC2)C1=O. The van der Waals surface area contributed by atoms with E-state index in [4.69, 9.17) is 0 Å². The Balaban J connectivity index is 1.95. The van der Waals surface area contributed by atoms with Gasteiger partial charge in [0.25, 0.3) is 5.91 Å². The Morgan fingerprint density at radius 2 is 1.83 bits per heavy atom. The van der Waals surface area contributed by atoms with Gasteiger partial charge in [-0.05, 0) is 26.7 Å². The molecule has 0 unspecified atom stereocenters. The second-order valence-corrected chi connectivity index (χ2v) is 6.51. The molecule has 0 atom stereocenters. The number of likely N-dealkylation sites (tertiary alicyclic amines) is 1. The third-order valence-electron chi connectivity index (χ3n) is 4.31. The fourth-order valence-electron chi connectivity index (χ4n) is 3.06. The largest absolute Gasteiger partial charge is 0.370 e. The molecule has 0 saturated carbocycles. The Morgan fingerprint density at radius 1 is 1.22 bits per heavy atom. The van der Waals surface area contributed by atoms with Crippen LogP contribution in [-0.4, -0.2) is 41.9 Å². The number of rotatable bonds is 2. The Morgan fingerprint density at radius 3 is 2.48 bits per heavy atom. The average molecular weight is 323 g/mol. The van der Waals surface area contributed by atoms with Gasteiger partial charge in [0.15, 0.2) is 11.6 Å². The summed E-state index contributed by atoms with van der Waals surface area (Å²) in [4.78, 5) is 27.9. The van der Waals surface area contributed by atoms with Crippen LogP contribution in [0.25, 0.3) is 0 Å². The molecule has 0 bridgehead atoms. The first kappa shape index (κ1) is 15.7. The fourth-order valence-corrected chi connectivity index (χ4v) is 3.06. The summed E-state index contributed by atoms with van der Waals surface area (Å²) in [6, 6.07) is 1.98. The van der Waals surface area contributed by atoms with E-state index in [0.29, 0.717) is 18.8 Å². The average Bonchev–Trinajstić information content (AvgIpc) is 3.00. The van der Waals surface area contributed by atoms with Gasteiger partial charge in [0.1, 0.15) is 12.1 Å². The molecular weight excluding hydrogens is 304 g/mol. The molecule has 7 heteroatoms. The number of carbonyl (C=O) groups excluding carboxylic acids is 2. The number of nitrogens with zero attached hydrogens (tertiary/aromatic N) is 2. The van der Waals surface area contributed by atoms with Crippen molar-refractivity contribution in [1.29, 1.82) is 0 Å². The molecule has 0 spiro atoms. The molecule has 1 saturated heterocycles. The number of anilines is 2. The normalized spacial score (nSPS) is 19.6. The van der Waals surface area contributed by atoms with Crippen molar-refractivity contribution < 1.29 is 18.4 Å². The molecule has 2 aliphatic rings. The molecule has 0 aromatic heterocycles. The second kappa shape index (κ2) is 5.47. The summed E-state index contributed by atoms with van der Waals surface area (Å²) >= 11 is 0. The predicted octanol–water partition coefficient (Wildman–Crippen LogP) is 2.12. The highest BCUT2D eigenvalue weighted by Crippen LogP contribution is 2.36. The number of amides is 2. The van der Waals surface area contributed by atoms with E-state index in [0.717, 1.165) is 25.0 Å². The Hall–Kier alpha value is -2.18. The topological polar surface area (TPSA) is 52.7 Å². The highest BCUT2D eigenvalue weighted by atomic mass is 19.2. The number of halogens is 2. The Bertz CT molecular complexity index is 670. The summed E-state index contributed by atoms with van der Waals surface area (Å²) in [7, 11) is 0. The molecule has 5 nitrogen and oxygen atoms in total. The molecule has 124 valence electrons. The van der Waals surface area contributed by atoms with Crippen molar-refractivity contribution >= 4 is 23.2 Å². The maximum Gasteiger partial charge on any atom is 0.252 e. The van der Waals surface area contributed by atoms with E-state index in [-0.39, 0.29) is 24.0 Å². The van der Waals surface area contributed by atoms with Gasteiger partial charge in [0.2, 0.25) is 5.91 Å². The van der Waals surface area contributed by atoms with Crippen LogP contribution in [0.1, 0.15) is 26.7 Å². The molecular formula is C16H19F2N3O2. The number of fused-ring (bicyclic) bond motifs is 1. The zero-order valence-electron chi connectivity index (χ0n) is 13.2. The first-order chi connectivity index (χ1) is 10.8. The Kier molecular flexibility index (Phi) is 3.74. The van der Waals surface area contributed by atoms with E-state index in [2.05, 4.69) is 5.32 Å². The lowest BCUT2D eigenvalue weighted by atomic mass is 9.98. The molecule has 0 aliphatic carbocycles. The number of carbonyl (C=O) groups is 2. The molecule has 1 N–H and O–H groups in total. The lowest BCUT2D eigenvalue weighted by Crippen LogP contribution is -2.56. The van der Waals surface area contributed by atoms with Crippen LogP contribution in [-0.2, 0) is 9.59 Å². The number of nitrogens with one attached hydrogen (secondary N) is 1. The Labute approximate surface area is 133 Å². The van der Waals surface area contributed by atoms with Crippen LogP contribution in [0.2, 0.25) is 0 Å². The molecule has 1 fully saturated rings. The van der Waals surface area contributed by atoms with Gasteiger partial charge < -0.3 is 10.2 Å². The predicted molar refractivity (Wildman–Crippen MR) is 82.2 cm³/mol. The van der Waals surface area contributed by atoms with Crippen LogP contribution < -0.4 is 10.2 Å². The molecule has 0 radical (unpaired) electrons. The van der Waals surface area contributed by atoms with E-state index >= 15 is 0 Å². The molecule has 2 aliphatic heterocycles. The van der Waals surface area contributed by atoms with Crippen molar-refractivity contribution in [3.8, 4) is 0 Å². The smallest absolute Gasteiger partial charge is 0.252 e. The van der Waals surface area contributed by atoms with E-state index in [1.807, 2.05) is 0 Å². The lowest BCUT2D eigenvalue weighted by molar-refractivity contribution is -0.131. The summed E-state index contributed by atoms with van der Waals surface area (Å²) in [6.45, 7) is 4.47. The maximum atomic E-state index is 13.6. The third kappa shape index (κ3) is 2.75. The first-order valence-electron chi connectivity index (χ1n) is 7.66. The first-order valence-corrected chi connectivity index (χ1v) is 7.66. The second-order valence-electron chi connectivity index (χ2n) is 6.51. The van der Waals surface area contributed by atoms with Crippen LogP contribution in [0.5, 0.6) is 0 Å².